The van der Waals surface area contributed by atoms with Crippen molar-refractivity contribution >= 4 is 56.3 Å². The Morgan fingerprint density at radius 1 is 0.824 bits per heavy atom. The zero-order valence-corrected chi connectivity index (χ0v) is 20.4. The molecule has 5 aromatic carbocycles. The minimum absolute atomic E-state index is 0.256. The molecule has 0 aromatic heterocycles. The number of halogens is 1. The summed E-state index contributed by atoms with van der Waals surface area (Å²) in [6, 6.07) is 33.9. The number of ether oxygens (including phenoxy) is 1. The molecule has 0 fully saturated rings. The van der Waals surface area contributed by atoms with Crippen molar-refractivity contribution in [3.8, 4) is 5.75 Å². The number of rotatable bonds is 6. The van der Waals surface area contributed by atoms with E-state index in [4.69, 9.17) is 4.74 Å². The fraction of sp³-hybridized carbons (Fsp3) is 0.0345. The summed E-state index contributed by atoms with van der Waals surface area (Å²) in [7, 11) is 0. The Hall–Kier alpha value is -3.71. The largest absolute Gasteiger partial charge is 0.488 e. The molecule has 5 heteroatoms. The SMILES string of the molecule is O=C(N/N=C\c1c(OCc2cccc3ccccc23)ccc2ccccc12)c1cccc(I)c1. The second-order valence-corrected chi connectivity index (χ2v) is 9.08. The van der Waals surface area contributed by atoms with Gasteiger partial charge in [-0.1, -0.05) is 78.9 Å². The first-order chi connectivity index (χ1) is 16.7. The molecule has 0 aliphatic rings. The van der Waals surface area contributed by atoms with E-state index in [0.29, 0.717) is 17.9 Å². The molecule has 0 bridgehead atoms. The quantitative estimate of drug-likeness (QED) is 0.140. The Labute approximate surface area is 211 Å². The summed E-state index contributed by atoms with van der Waals surface area (Å²) < 4.78 is 7.29. The van der Waals surface area contributed by atoms with Crippen LogP contribution < -0.4 is 10.2 Å². The lowest BCUT2D eigenvalue weighted by atomic mass is 10.0. The van der Waals surface area contributed by atoms with E-state index in [9.17, 15) is 4.79 Å². The standard InChI is InChI=1S/C29H21IN2O2/c30-24-12-6-10-22(17-24)29(33)32-31-18-27-26-14-4-2-8-21(26)15-16-28(27)34-19-23-11-5-9-20-7-1-3-13-25(20)23/h1-18H,19H2,(H,32,33)/b31-18-. The summed E-state index contributed by atoms with van der Waals surface area (Å²) in [5.74, 6) is 0.451. The number of hydrogen-bond donors (Lipinski definition) is 1. The molecule has 0 heterocycles. The van der Waals surface area contributed by atoms with Crippen molar-refractivity contribution in [1.29, 1.82) is 0 Å². The number of carbonyl (C=O) groups excluding carboxylic acids is 1. The van der Waals surface area contributed by atoms with Crippen molar-refractivity contribution in [3.05, 3.63) is 123 Å². The first-order valence-corrected chi connectivity index (χ1v) is 12.0. The van der Waals surface area contributed by atoms with Crippen molar-refractivity contribution in [1.82, 2.24) is 5.43 Å². The van der Waals surface area contributed by atoms with Gasteiger partial charge >= 0.3 is 0 Å². The second kappa shape index (κ2) is 10.1. The Morgan fingerprint density at radius 3 is 2.35 bits per heavy atom. The van der Waals surface area contributed by atoms with Gasteiger partial charge < -0.3 is 4.74 Å². The summed E-state index contributed by atoms with van der Waals surface area (Å²) >= 11 is 2.18. The number of fused-ring (bicyclic) bond motifs is 2. The Balaban J connectivity index is 1.43. The van der Waals surface area contributed by atoms with Gasteiger partial charge in [0.25, 0.3) is 5.91 Å². The zero-order chi connectivity index (χ0) is 23.3. The van der Waals surface area contributed by atoms with Crippen molar-refractivity contribution in [2.24, 2.45) is 5.10 Å². The first kappa shape index (κ1) is 22.1. The monoisotopic (exact) mass is 556 g/mol. The summed E-state index contributed by atoms with van der Waals surface area (Å²) in [5, 5.41) is 8.69. The van der Waals surface area contributed by atoms with Crippen molar-refractivity contribution in [3.63, 3.8) is 0 Å². The number of nitrogens with one attached hydrogen (secondary N) is 1. The molecule has 0 radical (unpaired) electrons. The van der Waals surface area contributed by atoms with E-state index in [2.05, 4.69) is 57.4 Å². The van der Waals surface area contributed by atoms with Gasteiger partial charge in [-0.15, -0.1) is 0 Å². The molecule has 4 nitrogen and oxygen atoms in total. The molecular formula is C29H21IN2O2. The Bertz CT molecular complexity index is 1520. The molecule has 5 aromatic rings. The summed E-state index contributed by atoms with van der Waals surface area (Å²) in [4.78, 5) is 12.5. The van der Waals surface area contributed by atoms with Gasteiger partial charge in [0, 0.05) is 14.7 Å². The van der Waals surface area contributed by atoms with Crippen LogP contribution in [0, 0.1) is 3.57 Å². The third kappa shape index (κ3) is 4.79. The summed E-state index contributed by atoms with van der Waals surface area (Å²) in [6.45, 7) is 0.426. The predicted molar refractivity (Wildman–Crippen MR) is 146 cm³/mol. The van der Waals surface area contributed by atoms with Gasteiger partial charge in [0.2, 0.25) is 0 Å². The lowest BCUT2D eigenvalue weighted by molar-refractivity contribution is 0.0955. The molecule has 0 aliphatic carbocycles. The normalized spacial score (nSPS) is 11.2. The number of hydrogen-bond acceptors (Lipinski definition) is 3. The fourth-order valence-electron chi connectivity index (χ4n) is 3.96. The van der Waals surface area contributed by atoms with E-state index in [1.807, 2.05) is 72.8 Å². The highest BCUT2D eigenvalue weighted by molar-refractivity contribution is 14.1. The lowest BCUT2D eigenvalue weighted by Crippen LogP contribution is -2.17. The minimum Gasteiger partial charge on any atom is -0.488 e. The molecule has 0 atom stereocenters. The van der Waals surface area contributed by atoms with Crippen molar-refractivity contribution in [2.45, 2.75) is 6.61 Å². The number of amides is 1. The van der Waals surface area contributed by atoms with Crippen LogP contribution in [-0.2, 0) is 6.61 Å². The zero-order valence-electron chi connectivity index (χ0n) is 18.2. The third-order valence-corrected chi connectivity index (χ3v) is 6.31. The Kier molecular flexibility index (Phi) is 6.53. The van der Waals surface area contributed by atoms with Gasteiger partial charge in [-0.2, -0.15) is 5.10 Å². The van der Waals surface area contributed by atoms with Crippen LogP contribution in [-0.4, -0.2) is 12.1 Å². The first-order valence-electron chi connectivity index (χ1n) is 10.9. The highest BCUT2D eigenvalue weighted by Gasteiger charge is 2.10. The average molecular weight is 556 g/mol. The van der Waals surface area contributed by atoms with Gasteiger partial charge in [-0.25, -0.2) is 5.43 Å². The van der Waals surface area contributed by atoms with E-state index in [-0.39, 0.29) is 5.91 Å². The van der Waals surface area contributed by atoms with Gasteiger partial charge in [0.05, 0.1) is 6.21 Å². The molecule has 1 N–H and O–H groups in total. The number of carbonyl (C=O) groups is 1. The number of nitrogens with zero attached hydrogens (tertiary/aromatic N) is 1. The topological polar surface area (TPSA) is 50.7 Å². The van der Waals surface area contributed by atoms with E-state index in [1.165, 1.54) is 10.8 Å². The molecule has 0 spiro atoms. The summed E-state index contributed by atoms with van der Waals surface area (Å²) in [5.41, 5.74) is 5.13. The number of benzene rings is 5. The van der Waals surface area contributed by atoms with Gasteiger partial charge in [-0.05, 0) is 74.0 Å². The molecule has 0 unspecified atom stereocenters. The smallest absolute Gasteiger partial charge is 0.271 e. The Morgan fingerprint density at radius 2 is 1.53 bits per heavy atom. The molecule has 0 saturated carbocycles. The van der Waals surface area contributed by atoms with Crippen LogP contribution in [0.4, 0.5) is 0 Å². The predicted octanol–water partition coefficient (Wildman–Crippen LogP) is 6.94. The molecule has 0 saturated heterocycles. The number of hydrazone groups is 1. The maximum atomic E-state index is 12.5. The molecule has 1 amide bonds. The van der Waals surface area contributed by atoms with Crippen LogP contribution in [0.15, 0.2) is 108 Å². The van der Waals surface area contributed by atoms with Crippen molar-refractivity contribution < 1.29 is 9.53 Å². The van der Waals surface area contributed by atoms with Crippen LogP contribution >= 0.6 is 22.6 Å². The van der Waals surface area contributed by atoms with Gasteiger partial charge in [-0.3, -0.25) is 4.79 Å². The third-order valence-electron chi connectivity index (χ3n) is 5.64. The highest BCUT2D eigenvalue weighted by atomic mass is 127. The fourth-order valence-corrected chi connectivity index (χ4v) is 4.50. The molecule has 5 rings (SSSR count). The van der Waals surface area contributed by atoms with E-state index in [1.54, 1.807) is 12.3 Å². The average Bonchev–Trinajstić information content (AvgIpc) is 2.88. The second-order valence-electron chi connectivity index (χ2n) is 7.83. The van der Waals surface area contributed by atoms with Gasteiger partial charge in [0.1, 0.15) is 12.4 Å². The lowest BCUT2D eigenvalue weighted by Gasteiger charge is -2.13. The molecule has 166 valence electrons. The molecule has 0 aliphatic heterocycles. The minimum atomic E-state index is -0.256. The maximum absolute atomic E-state index is 12.5. The molecule has 34 heavy (non-hydrogen) atoms. The highest BCUT2D eigenvalue weighted by Crippen LogP contribution is 2.28. The maximum Gasteiger partial charge on any atom is 0.271 e. The van der Waals surface area contributed by atoms with Crippen molar-refractivity contribution in [2.75, 3.05) is 0 Å². The van der Waals surface area contributed by atoms with Crippen LogP contribution in [0.3, 0.4) is 0 Å². The van der Waals surface area contributed by atoms with Crippen LogP contribution in [0.2, 0.25) is 0 Å². The van der Waals surface area contributed by atoms with Crippen LogP contribution in [0.1, 0.15) is 21.5 Å². The molecular weight excluding hydrogens is 535 g/mol. The van der Waals surface area contributed by atoms with Gasteiger partial charge in [0.15, 0.2) is 0 Å². The summed E-state index contributed by atoms with van der Waals surface area (Å²) in [6.07, 6.45) is 1.66. The van der Waals surface area contributed by atoms with E-state index in [0.717, 1.165) is 25.5 Å². The van der Waals surface area contributed by atoms with Crippen LogP contribution in [0.5, 0.6) is 5.75 Å². The van der Waals surface area contributed by atoms with Crippen LogP contribution in [0.25, 0.3) is 21.5 Å². The van der Waals surface area contributed by atoms with E-state index < -0.39 is 0 Å². The van der Waals surface area contributed by atoms with E-state index >= 15 is 0 Å².